The predicted molar refractivity (Wildman–Crippen MR) is 73.0 cm³/mol. The van der Waals surface area contributed by atoms with Gasteiger partial charge in [0.1, 0.15) is 0 Å². The second-order valence-corrected chi connectivity index (χ2v) is 6.35. The van der Waals surface area contributed by atoms with Crippen LogP contribution in [0.25, 0.3) is 0 Å². The highest BCUT2D eigenvalue weighted by Crippen LogP contribution is 2.38. The summed E-state index contributed by atoms with van der Waals surface area (Å²) in [6.07, 6.45) is 0. The number of rotatable bonds is 2. The fourth-order valence-electron chi connectivity index (χ4n) is 2.93. The number of halogens is 3. The third kappa shape index (κ3) is 3.15. The first kappa shape index (κ1) is 15.3. The van der Waals surface area contributed by atoms with Gasteiger partial charge in [0.25, 0.3) is 0 Å². The third-order valence-electron chi connectivity index (χ3n) is 3.66. The fraction of sp³-hybridized carbons (Fsp3) is 0.600. The molecule has 1 atom stereocenters. The van der Waals surface area contributed by atoms with Gasteiger partial charge in [0.05, 0.1) is 0 Å². The van der Waals surface area contributed by atoms with Crippen molar-refractivity contribution in [3.8, 4) is 0 Å². The molecular weight excluding hydrogens is 265 g/mol. The van der Waals surface area contributed by atoms with E-state index in [1.165, 1.54) is 0 Å². The van der Waals surface area contributed by atoms with Crippen LogP contribution in [0.3, 0.4) is 0 Å². The maximum atomic E-state index is 13.5. The van der Waals surface area contributed by atoms with Gasteiger partial charge in [-0.25, -0.2) is 13.2 Å². The standard InChI is InChI=1S/C15H21F3N2/c1-15(2,3)14(20-6-4-19-5-7-20)10-8-11(16)13(18)12(17)9-10/h8-9,14,19H,4-7H2,1-3H3/t14-/m0/s1. The van der Waals surface area contributed by atoms with Crippen LogP contribution in [0.15, 0.2) is 12.1 Å². The lowest BCUT2D eigenvalue weighted by atomic mass is 9.81. The zero-order valence-electron chi connectivity index (χ0n) is 12.1. The molecule has 1 aliphatic rings. The lowest BCUT2D eigenvalue weighted by Crippen LogP contribution is -2.48. The van der Waals surface area contributed by atoms with Gasteiger partial charge in [0.2, 0.25) is 0 Å². The second kappa shape index (κ2) is 5.74. The van der Waals surface area contributed by atoms with Crippen LogP contribution in [-0.4, -0.2) is 31.1 Å². The van der Waals surface area contributed by atoms with E-state index >= 15 is 0 Å². The van der Waals surface area contributed by atoms with E-state index in [0.717, 1.165) is 38.3 Å². The highest BCUT2D eigenvalue weighted by Gasteiger charge is 2.33. The number of hydrogen-bond acceptors (Lipinski definition) is 2. The zero-order chi connectivity index (χ0) is 14.9. The number of piperazine rings is 1. The summed E-state index contributed by atoms with van der Waals surface area (Å²) in [5.74, 6) is -3.64. The molecule has 2 nitrogen and oxygen atoms in total. The van der Waals surface area contributed by atoms with Gasteiger partial charge >= 0.3 is 0 Å². The molecule has 5 heteroatoms. The zero-order valence-corrected chi connectivity index (χ0v) is 12.1. The first-order valence-corrected chi connectivity index (χ1v) is 6.90. The Morgan fingerprint density at radius 1 is 1.05 bits per heavy atom. The Hall–Kier alpha value is -1.07. The molecule has 1 N–H and O–H groups in total. The number of hydrogen-bond donors (Lipinski definition) is 1. The Kier molecular flexibility index (Phi) is 4.39. The molecule has 20 heavy (non-hydrogen) atoms. The van der Waals surface area contributed by atoms with Crippen LogP contribution in [0, 0.1) is 22.9 Å². The van der Waals surface area contributed by atoms with E-state index in [1.807, 2.05) is 20.8 Å². The van der Waals surface area contributed by atoms with Crippen molar-refractivity contribution in [2.24, 2.45) is 5.41 Å². The van der Waals surface area contributed by atoms with Crippen LogP contribution in [0.4, 0.5) is 13.2 Å². The maximum Gasteiger partial charge on any atom is 0.194 e. The van der Waals surface area contributed by atoms with Crippen molar-refractivity contribution in [3.63, 3.8) is 0 Å². The van der Waals surface area contributed by atoms with Crippen LogP contribution in [0.1, 0.15) is 32.4 Å². The van der Waals surface area contributed by atoms with E-state index < -0.39 is 17.5 Å². The monoisotopic (exact) mass is 286 g/mol. The summed E-state index contributed by atoms with van der Waals surface area (Å²) >= 11 is 0. The summed E-state index contributed by atoms with van der Waals surface area (Å²) in [6.45, 7) is 9.39. The summed E-state index contributed by atoms with van der Waals surface area (Å²) in [6, 6.07) is 2.10. The minimum Gasteiger partial charge on any atom is -0.314 e. The number of nitrogens with zero attached hydrogens (tertiary/aromatic N) is 1. The van der Waals surface area contributed by atoms with Gasteiger partial charge < -0.3 is 5.32 Å². The molecule has 0 amide bonds. The molecule has 0 unspecified atom stereocenters. The van der Waals surface area contributed by atoms with Crippen LogP contribution in [0.2, 0.25) is 0 Å². The van der Waals surface area contributed by atoms with E-state index in [-0.39, 0.29) is 11.5 Å². The molecule has 0 aromatic heterocycles. The summed E-state index contributed by atoms with van der Waals surface area (Å²) in [5, 5.41) is 3.25. The highest BCUT2D eigenvalue weighted by molar-refractivity contribution is 5.24. The number of benzene rings is 1. The van der Waals surface area contributed by atoms with Crippen molar-refractivity contribution in [2.45, 2.75) is 26.8 Å². The molecule has 1 saturated heterocycles. The maximum absolute atomic E-state index is 13.5. The van der Waals surface area contributed by atoms with E-state index in [1.54, 1.807) is 0 Å². The van der Waals surface area contributed by atoms with Gasteiger partial charge in [-0.1, -0.05) is 20.8 Å². The van der Waals surface area contributed by atoms with E-state index in [0.29, 0.717) is 5.56 Å². The van der Waals surface area contributed by atoms with Gasteiger partial charge in [0, 0.05) is 32.2 Å². The SMILES string of the molecule is CC(C)(C)[C@H](c1cc(F)c(F)c(F)c1)N1CCNCC1. The third-order valence-corrected chi connectivity index (χ3v) is 3.66. The van der Waals surface area contributed by atoms with Gasteiger partial charge in [-0.15, -0.1) is 0 Å². The molecule has 1 aromatic rings. The van der Waals surface area contributed by atoms with Crippen LogP contribution in [0.5, 0.6) is 0 Å². The van der Waals surface area contributed by atoms with Crippen molar-refractivity contribution >= 4 is 0 Å². The Bertz CT molecular complexity index is 453. The van der Waals surface area contributed by atoms with E-state index in [2.05, 4.69) is 10.2 Å². The van der Waals surface area contributed by atoms with Crippen LogP contribution in [-0.2, 0) is 0 Å². The van der Waals surface area contributed by atoms with Crippen LogP contribution >= 0.6 is 0 Å². The predicted octanol–water partition coefficient (Wildman–Crippen LogP) is 3.10. The second-order valence-electron chi connectivity index (χ2n) is 6.35. The molecule has 0 radical (unpaired) electrons. The Morgan fingerprint density at radius 2 is 1.55 bits per heavy atom. The molecule has 0 bridgehead atoms. The average Bonchev–Trinajstić information content (AvgIpc) is 2.35. The van der Waals surface area contributed by atoms with Gasteiger partial charge in [-0.2, -0.15) is 0 Å². The molecule has 2 rings (SSSR count). The van der Waals surface area contributed by atoms with Gasteiger partial charge in [-0.05, 0) is 23.1 Å². The average molecular weight is 286 g/mol. The summed E-state index contributed by atoms with van der Waals surface area (Å²) in [7, 11) is 0. The first-order chi connectivity index (χ1) is 9.30. The molecule has 1 aliphatic heterocycles. The molecule has 1 fully saturated rings. The molecular formula is C15H21F3N2. The van der Waals surface area contributed by atoms with Crippen molar-refractivity contribution in [2.75, 3.05) is 26.2 Å². The van der Waals surface area contributed by atoms with E-state index in [9.17, 15) is 13.2 Å². The fourth-order valence-corrected chi connectivity index (χ4v) is 2.93. The minimum absolute atomic E-state index is 0.144. The Labute approximate surface area is 118 Å². The Balaban J connectivity index is 2.41. The van der Waals surface area contributed by atoms with Crippen molar-refractivity contribution in [3.05, 3.63) is 35.1 Å². The smallest absolute Gasteiger partial charge is 0.194 e. The normalized spacial score (nSPS) is 19.1. The van der Waals surface area contributed by atoms with Crippen LogP contribution < -0.4 is 5.32 Å². The minimum atomic E-state index is -1.40. The van der Waals surface area contributed by atoms with E-state index in [4.69, 9.17) is 0 Å². The first-order valence-electron chi connectivity index (χ1n) is 6.90. The number of nitrogens with one attached hydrogen (secondary N) is 1. The largest absolute Gasteiger partial charge is 0.314 e. The molecule has 1 heterocycles. The lowest BCUT2D eigenvalue weighted by molar-refractivity contribution is 0.0856. The Morgan fingerprint density at radius 3 is 2.00 bits per heavy atom. The van der Waals surface area contributed by atoms with Crippen molar-refractivity contribution in [1.82, 2.24) is 10.2 Å². The van der Waals surface area contributed by atoms with Crippen molar-refractivity contribution in [1.29, 1.82) is 0 Å². The lowest BCUT2D eigenvalue weighted by Gasteiger charge is -2.42. The summed E-state index contributed by atoms with van der Waals surface area (Å²) < 4.78 is 40.2. The topological polar surface area (TPSA) is 15.3 Å². The molecule has 0 spiro atoms. The van der Waals surface area contributed by atoms with Gasteiger partial charge in [0.15, 0.2) is 17.5 Å². The molecule has 0 saturated carbocycles. The van der Waals surface area contributed by atoms with Crippen molar-refractivity contribution < 1.29 is 13.2 Å². The summed E-state index contributed by atoms with van der Waals surface area (Å²) in [4.78, 5) is 2.20. The quantitative estimate of drug-likeness (QED) is 0.840. The highest BCUT2D eigenvalue weighted by atomic mass is 19.2. The molecule has 112 valence electrons. The molecule has 1 aromatic carbocycles. The molecule has 0 aliphatic carbocycles. The van der Waals surface area contributed by atoms with Gasteiger partial charge in [-0.3, -0.25) is 4.90 Å². The summed E-state index contributed by atoms with van der Waals surface area (Å²) in [5.41, 5.74) is 0.296.